The van der Waals surface area contributed by atoms with Crippen molar-refractivity contribution >= 4 is 5.91 Å². The Morgan fingerprint density at radius 2 is 2.05 bits per heavy atom. The Morgan fingerprint density at radius 1 is 1.32 bits per heavy atom. The summed E-state index contributed by atoms with van der Waals surface area (Å²) in [5.74, 6) is 0.888. The second-order valence-corrected chi connectivity index (χ2v) is 5.27. The molecule has 19 heavy (non-hydrogen) atoms. The zero-order valence-corrected chi connectivity index (χ0v) is 12.4. The van der Waals surface area contributed by atoms with Crippen molar-refractivity contribution in [3.63, 3.8) is 0 Å². The van der Waals surface area contributed by atoms with Crippen LogP contribution in [0.4, 0.5) is 0 Å². The fourth-order valence-electron chi connectivity index (χ4n) is 2.38. The quantitative estimate of drug-likeness (QED) is 0.598. The summed E-state index contributed by atoms with van der Waals surface area (Å²) in [5.41, 5.74) is 0. The predicted octanol–water partition coefficient (Wildman–Crippen LogP) is 0.461. The topological polar surface area (TPSA) is 53.6 Å². The highest BCUT2D eigenvalue weighted by Crippen LogP contribution is 2.15. The average molecular weight is 271 g/mol. The summed E-state index contributed by atoms with van der Waals surface area (Å²) >= 11 is 0. The van der Waals surface area contributed by atoms with Gasteiger partial charge in [0.1, 0.15) is 0 Å². The number of hydrogen-bond donors (Lipinski definition) is 2. The maximum absolute atomic E-state index is 11.7. The molecule has 0 aliphatic carbocycles. The van der Waals surface area contributed by atoms with Crippen LogP contribution in [0.3, 0.4) is 0 Å². The highest BCUT2D eigenvalue weighted by molar-refractivity contribution is 5.77. The molecule has 1 saturated heterocycles. The summed E-state index contributed by atoms with van der Waals surface area (Å²) in [6.45, 7) is 8.22. The molecule has 0 aromatic rings. The predicted molar refractivity (Wildman–Crippen MR) is 77.2 cm³/mol. The number of methoxy groups -OCH3 is 1. The van der Waals surface area contributed by atoms with Crippen LogP contribution in [-0.4, -0.2) is 63.8 Å². The third-order valence-corrected chi connectivity index (χ3v) is 3.56. The van der Waals surface area contributed by atoms with Crippen LogP contribution in [0.1, 0.15) is 26.2 Å². The molecule has 2 N–H and O–H groups in total. The Hall–Kier alpha value is -0.650. The van der Waals surface area contributed by atoms with Crippen LogP contribution in [0.5, 0.6) is 0 Å². The number of ether oxygens (including phenoxy) is 1. The summed E-state index contributed by atoms with van der Waals surface area (Å²) in [6, 6.07) is 0. The second kappa shape index (κ2) is 10.2. The third-order valence-electron chi connectivity index (χ3n) is 3.56. The monoisotopic (exact) mass is 271 g/mol. The van der Waals surface area contributed by atoms with Crippen LogP contribution in [0.2, 0.25) is 0 Å². The molecule has 1 aliphatic heterocycles. The number of carbonyl (C=O) groups excluding carboxylic acids is 1. The lowest BCUT2D eigenvalue weighted by atomic mass is 9.97. The second-order valence-electron chi connectivity index (χ2n) is 5.27. The van der Waals surface area contributed by atoms with E-state index in [0.717, 1.165) is 32.1 Å². The van der Waals surface area contributed by atoms with Crippen LogP contribution >= 0.6 is 0 Å². The van der Waals surface area contributed by atoms with Crippen LogP contribution in [-0.2, 0) is 9.53 Å². The van der Waals surface area contributed by atoms with Gasteiger partial charge in [-0.05, 0) is 51.4 Å². The van der Waals surface area contributed by atoms with E-state index in [1.807, 2.05) is 0 Å². The molecule has 0 unspecified atom stereocenters. The smallest absolute Gasteiger partial charge is 0.234 e. The molecule has 1 amide bonds. The van der Waals surface area contributed by atoms with Crippen LogP contribution in [0, 0.1) is 5.92 Å². The molecule has 1 fully saturated rings. The van der Waals surface area contributed by atoms with Crippen LogP contribution in [0.15, 0.2) is 0 Å². The van der Waals surface area contributed by atoms with E-state index in [2.05, 4.69) is 22.5 Å². The first-order chi connectivity index (χ1) is 9.26. The number of rotatable bonds is 9. The van der Waals surface area contributed by atoms with Gasteiger partial charge in [-0.2, -0.15) is 0 Å². The summed E-state index contributed by atoms with van der Waals surface area (Å²) in [4.78, 5) is 13.9. The molecule has 112 valence electrons. The van der Waals surface area contributed by atoms with Crippen molar-refractivity contribution in [1.29, 1.82) is 0 Å². The summed E-state index contributed by atoms with van der Waals surface area (Å²) in [5, 5.41) is 6.35. The van der Waals surface area contributed by atoms with Crippen molar-refractivity contribution in [2.75, 3.05) is 53.0 Å². The number of amides is 1. The van der Waals surface area contributed by atoms with Gasteiger partial charge in [0, 0.05) is 13.7 Å². The van der Waals surface area contributed by atoms with Crippen molar-refractivity contribution in [2.45, 2.75) is 26.2 Å². The van der Waals surface area contributed by atoms with Gasteiger partial charge >= 0.3 is 0 Å². The van der Waals surface area contributed by atoms with Gasteiger partial charge in [-0.1, -0.05) is 6.92 Å². The van der Waals surface area contributed by atoms with E-state index in [1.54, 1.807) is 7.11 Å². The highest BCUT2D eigenvalue weighted by Gasteiger charge is 2.20. The molecule has 1 heterocycles. The zero-order valence-electron chi connectivity index (χ0n) is 12.4. The van der Waals surface area contributed by atoms with Crippen LogP contribution < -0.4 is 10.6 Å². The molecule has 0 aromatic heterocycles. The lowest BCUT2D eigenvalue weighted by Crippen LogP contribution is -2.43. The molecule has 0 atom stereocenters. The van der Waals surface area contributed by atoms with E-state index in [4.69, 9.17) is 4.74 Å². The number of piperidine rings is 1. The Labute approximate surface area is 117 Å². The van der Waals surface area contributed by atoms with E-state index in [9.17, 15) is 4.79 Å². The summed E-state index contributed by atoms with van der Waals surface area (Å²) in [6.07, 6.45) is 3.59. The maximum Gasteiger partial charge on any atom is 0.234 e. The SMILES string of the molecule is CCCNCC1CCN(CC(=O)NCCOC)CC1. The van der Waals surface area contributed by atoms with Gasteiger partial charge in [0.05, 0.1) is 13.2 Å². The van der Waals surface area contributed by atoms with Gasteiger partial charge in [-0.3, -0.25) is 9.69 Å². The average Bonchev–Trinajstić information content (AvgIpc) is 2.41. The lowest BCUT2D eigenvalue weighted by Gasteiger charge is -2.31. The maximum atomic E-state index is 11.7. The molecular formula is C14H29N3O2. The summed E-state index contributed by atoms with van der Waals surface area (Å²) in [7, 11) is 1.64. The number of nitrogens with zero attached hydrogens (tertiary/aromatic N) is 1. The largest absolute Gasteiger partial charge is 0.383 e. The Kier molecular flexibility index (Phi) is 8.79. The Morgan fingerprint density at radius 3 is 2.68 bits per heavy atom. The summed E-state index contributed by atoms with van der Waals surface area (Å²) < 4.78 is 4.91. The molecule has 0 saturated carbocycles. The van der Waals surface area contributed by atoms with E-state index >= 15 is 0 Å². The van der Waals surface area contributed by atoms with Crippen molar-refractivity contribution in [2.24, 2.45) is 5.92 Å². The van der Waals surface area contributed by atoms with Crippen molar-refractivity contribution in [3.05, 3.63) is 0 Å². The number of hydrogen-bond acceptors (Lipinski definition) is 4. The molecule has 0 spiro atoms. The van der Waals surface area contributed by atoms with Crippen molar-refractivity contribution in [1.82, 2.24) is 15.5 Å². The minimum absolute atomic E-state index is 0.111. The Balaban J connectivity index is 2.07. The minimum Gasteiger partial charge on any atom is -0.383 e. The first-order valence-electron chi connectivity index (χ1n) is 7.45. The molecule has 5 heteroatoms. The van der Waals surface area contributed by atoms with E-state index < -0.39 is 0 Å². The zero-order chi connectivity index (χ0) is 13.9. The first kappa shape index (κ1) is 16.4. The highest BCUT2D eigenvalue weighted by atomic mass is 16.5. The van der Waals surface area contributed by atoms with Gasteiger partial charge in [0.15, 0.2) is 0 Å². The number of nitrogens with one attached hydrogen (secondary N) is 2. The van der Waals surface area contributed by atoms with Gasteiger partial charge in [-0.25, -0.2) is 0 Å². The molecule has 1 rings (SSSR count). The van der Waals surface area contributed by atoms with E-state index in [0.29, 0.717) is 19.7 Å². The van der Waals surface area contributed by atoms with Gasteiger partial charge in [0.25, 0.3) is 0 Å². The molecule has 0 aromatic carbocycles. The fraction of sp³-hybridized carbons (Fsp3) is 0.929. The third kappa shape index (κ3) is 7.50. The molecule has 1 aliphatic rings. The van der Waals surface area contributed by atoms with Crippen molar-refractivity contribution in [3.8, 4) is 0 Å². The molecular weight excluding hydrogens is 242 g/mol. The molecule has 0 bridgehead atoms. The number of likely N-dealkylation sites (tertiary alicyclic amines) is 1. The lowest BCUT2D eigenvalue weighted by molar-refractivity contribution is -0.122. The van der Waals surface area contributed by atoms with Crippen LogP contribution in [0.25, 0.3) is 0 Å². The molecule has 5 nitrogen and oxygen atoms in total. The fourth-order valence-corrected chi connectivity index (χ4v) is 2.38. The standard InChI is InChI=1S/C14H29N3O2/c1-3-6-15-11-13-4-8-17(9-5-13)12-14(18)16-7-10-19-2/h13,15H,3-12H2,1-2H3,(H,16,18). The minimum atomic E-state index is 0.111. The molecule has 0 radical (unpaired) electrons. The van der Waals surface area contributed by atoms with Crippen molar-refractivity contribution < 1.29 is 9.53 Å². The normalized spacial score (nSPS) is 17.6. The van der Waals surface area contributed by atoms with E-state index in [1.165, 1.54) is 19.3 Å². The first-order valence-corrected chi connectivity index (χ1v) is 7.45. The Bertz CT molecular complexity index is 241. The van der Waals surface area contributed by atoms with Gasteiger partial charge in [0.2, 0.25) is 5.91 Å². The van der Waals surface area contributed by atoms with Gasteiger partial charge < -0.3 is 15.4 Å². The van der Waals surface area contributed by atoms with E-state index in [-0.39, 0.29) is 5.91 Å². The number of carbonyl (C=O) groups is 1. The van der Waals surface area contributed by atoms with Gasteiger partial charge in [-0.15, -0.1) is 0 Å².